The highest BCUT2D eigenvalue weighted by atomic mass is 35.5. The Morgan fingerprint density at radius 2 is 1.76 bits per heavy atom. The lowest BCUT2D eigenvalue weighted by atomic mass is 9.87. The van der Waals surface area contributed by atoms with Crippen LogP contribution in [0.1, 0.15) is 46.0 Å². The summed E-state index contributed by atoms with van der Waals surface area (Å²) >= 11 is 6.04. The molecular formula is C21H23ClN2O4S. The van der Waals surface area contributed by atoms with Crippen LogP contribution in [0.3, 0.4) is 0 Å². The first-order valence-corrected chi connectivity index (χ1v) is 11.6. The summed E-state index contributed by atoms with van der Waals surface area (Å²) in [7, 11) is -3.97. The summed E-state index contributed by atoms with van der Waals surface area (Å²) < 4.78 is 34.0. The van der Waals surface area contributed by atoms with Crippen molar-refractivity contribution in [1.82, 2.24) is 9.42 Å². The Hall–Kier alpha value is -1.93. The van der Waals surface area contributed by atoms with E-state index in [1.54, 1.807) is 41.4 Å². The number of hydrazine groups is 1. The van der Waals surface area contributed by atoms with Crippen molar-refractivity contribution < 1.29 is 17.9 Å². The molecule has 1 saturated heterocycles. The van der Waals surface area contributed by atoms with Gasteiger partial charge in [0, 0.05) is 29.6 Å². The zero-order chi connectivity index (χ0) is 20.6. The van der Waals surface area contributed by atoms with Gasteiger partial charge in [0.25, 0.3) is 15.9 Å². The maximum absolute atomic E-state index is 13.8. The lowest BCUT2D eigenvalue weighted by Gasteiger charge is -2.43. The first kappa shape index (κ1) is 20.3. The molecule has 29 heavy (non-hydrogen) atoms. The molecular weight excluding hydrogens is 412 g/mol. The van der Waals surface area contributed by atoms with Gasteiger partial charge in [-0.3, -0.25) is 4.79 Å². The van der Waals surface area contributed by atoms with Gasteiger partial charge in [-0.15, -0.1) is 0 Å². The molecule has 0 N–H and O–H groups in total. The Kier molecular flexibility index (Phi) is 5.66. The number of ether oxygens (including phenoxy) is 1. The Balaban J connectivity index is 1.87. The van der Waals surface area contributed by atoms with E-state index in [0.717, 1.165) is 9.98 Å². The van der Waals surface area contributed by atoms with Crippen LogP contribution in [-0.4, -0.2) is 50.1 Å². The molecule has 0 spiro atoms. The number of hydrogen-bond donors (Lipinski definition) is 0. The number of rotatable bonds is 4. The second-order valence-electron chi connectivity index (χ2n) is 7.23. The minimum absolute atomic E-state index is 0.310. The van der Waals surface area contributed by atoms with Crippen LogP contribution in [0.2, 0.25) is 5.02 Å². The van der Waals surface area contributed by atoms with Crippen LogP contribution in [-0.2, 0) is 14.8 Å². The van der Waals surface area contributed by atoms with Crippen molar-refractivity contribution in [1.29, 1.82) is 0 Å². The van der Waals surface area contributed by atoms with Gasteiger partial charge in [0.1, 0.15) is 5.25 Å². The van der Waals surface area contributed by atoms with Crippen LogP contribution >= 0.6 is 11.6 Å². The molecule has 1 fully saturated rings. The first-order valence-electron chi connectivity index (χ1n) is 9.70. The van der Waals surface area contributed by atoms with E-state index >= 15 is 0 Å². The van der Waals surface area contributed by atoms with E-state index in [1.807, 2.05) is 19.1 Å². The predicted octanol–water partition coefficient (Wildman–Crippen LogP) is 3.61. The predicted molar refractivity (Wildman–Crippen MR) is 111 cm³/mol. The van der Waals surface area contributed by atoms with Gasteiger partial charge >= 0.3 is 0 Å². The third-order valence-electron chi connectivity index (χ3n) is 5.58. The Bertz CT molecular complexity index is 1000. The van der Waals surface area contributed by atoms with Crippen molar-refractivity contribution in [3.63, 3.8) is 0 Å². The molecule has 2 aromatic rings. The number of sulfonamides is 1. The third kappa shape index (κ3) is 3.57. The van der Waals surface area contributed by atoms with Gasteiger partial charge in [-0.2, -0.15) is 9.42 Å². The summed E-state index contributed by atoms with van der Waals surface area (Å²) in [5.74, 6) is -0.806. The molecule has 0 radical (unpaired) electrons. The number of halogens is 1. The van der Waals surface area contributed by atoms with Crippen LogP contribution in [0, 0.1) is 0 Å². The van der Waals surface area contributed by atoms with Crippen molar-refractivity contribution in [2.45, 2.75) is 24.5 Å². The fourth-order valence-electron chi connectivity index (χ4n) is 4.21. The molecule has 2 unspecified atom stereocenters. The maximum atomic E-state index is 13.8. The van der Waals surface area contributed by atoms with E-state index in [2.05, 4.69) is 0 Å². The van der Waals surface area contributed by atoms with Gasteiger partial charge in [0.05, 0.1) is 13.2 Å². The number of nitrogens with zero attached hydrogens (tertiary/aromatic N) is 2. The van der Waals surface area contributed by atoms with Crippen LogP contribution in [0.25, 0.3) is 0 Å². The largest absolute Gasteiger partial charge is 0.379 e. The summed E-state index contributed by atoms with van der Waals surface area (Å²) in [4.78, 5) is 13.2. The van der Waals surface area contributed by atoms with E-state index in [9.17, 15) is 13.2 Å². The minimum atomic E-state index is -3.97. The van der Waals surface area contributed by atoms with Gasteiger partial charge in [-0.1, -0.05) is 48.9 Å². The zero-order valence-electron chi connectivity index (χ0n) is 16.1. The quantitative estimate of drug-likeness (QED) is 0.735. The average Bonchev–Trinajstić information content (AvgIpc) is 2.72. The molecule has 0 bridgehead atoms. The van der Waals surface area contributed by atoms with Crippen molar-refractivity contribution in [2.24, 2.45) is 0 Å². The van der Waals surface area contributed by atoms with E-state index in [0.29, 0.717) is 48.9 Å². The van der Waals surface area contributed by atoms with Crippen molar-refractivity contribution >= 4 is 27.5 Å². The lowest BCUT2D eigenvalue weighted by molar-refractivity contribution is -0.0328. The number of hydrogen-bond acceptors (Lipinski definition) is 5. The molecule has 2 aromatic carbocycles. The van der Waals surface area contributed by atoms with Gasteiger partial charge < -0.3 is 4.74 Å². The second-order valence-corrected chi connectivity index (χ2v) is 9.55. The summed E-state index contributed by atoms with van der Waals surface area (Å²) in [5, 5.41) is 1.34. The molecule has 0 saturated carbocycles. The molecule has 154 valence electrons. The van der Waals surface area contributed by atoms with E-state index in [1.165, 1.54) is 0 Å². The SMILES string of the molecule is CCC(c1ccc(Cl)cc1)C1c2ccccc2C(=O)N(N2CCOCC2)S1(=O)=O. The molecule has 2 aliphatic rings. The maximum Gasteiger partial charge on any atom is 0.282 e. The zero-order valence-corrected chi connectivity index (χ0v) is 17.7. The number of morpholine rings is 1. The Labute approximate surface area is 176 Å². The standard InChI is InChI=1S/C21H23ClN2O4S/c1-2-17(15-7-9-16(22)10-8-15)20-18-5-3-4-6-19(18)21(25)24(29(20,26)27)23-11-13-28-14-12-23/h3-10,17,20H,2,11-14H2,1H3. The molecule has 0 aromatic heterocycles. The van der Waals surface area contributed by atoms with Crippen molar-refractivity contribution in [3.05, 3.63) is 70.2 Å². The molecule has 1 amide bonds. The molecule has 4 rings (SSSR count). The van der Waals surface area contributed by atoms with Crippen molar-refractivity contribution in [2.75, 3.05) is 26.3 Å². The normalized spacial score (nSPS) is 22.9. The topological polar surface area (TPSA) is 66.9 Å². The highest BCUT2D eigenvalue weighted by Gasteiger charge is 2.49. The van der Waals surface area contributed by atoms with E-state index < -0.39 is 21.2 Å². The lowest BCUT2D eigenvalue weighted by Crippen LogP contribution is -2.57. The molecule has 2 aliphatic heterocycles. The summed E-state index contributed by atoms with van der Waals surface area (Å²) in [6.45, 7) is 3.46. The molecule has 0 aliphatic carbocycles. The van der Waals surface area contributed by atoms with Gasteiger partial charge in [0.15, 0.2) is 0 Å². The fourth-order valence-corrected chi connectivity index (χ4v) is 6.66. The third-order valence-corrected chi connectivity index (χ3v) is 7.94. The highest BCUT2D eigenvalue weighted by Crippen LogP contribution is 2.46. The van der Waals surface area contributed by atoms with Gasteiger partial charge in [-0.25, -0.2) is 8.42 Å². The number of fused-ring (bicyclic) bond motifs is 1. The first-order chi connectivity index (χ1) is 13.9. The Morgan fingerprint density at radius 3 is 2.41 bits per heavy atom. The average molecular weight is 435 g/mol. The van der Waals surface area contributed by atoms with E-state index in [4.69, 9.17) is 16.3 Å². The van der Waals surface area contributed by atoms with Gasteiger partial charge in [0.2, 0.25) is 0 Å². The van der Waals surface area contributed by atoms with Crippen LogP contribution in [0.4, 0.5) is 0 Å². The smallest absolute Gasteiger partial charge is 0.282 e. The van der Waals surface area contributed by atoms with Crippen LogP contribution in [0.5, 0.6) is 0 Å². The molecule has 8 heteroatoms. The number of carbonyl (C=O) groups is 1. The minimum Gasteiger partial charge on any atom is -0.379 e. The Morgan fingerprint density at radius 1 is 1.10 bits per heavy atom. The van der Waals surface area contributed by atoms with Crippen LogP contribution < -0.4 is 0 Å². The fraction of sp³-hybridized carbons (Fsp3) is 0.381. The van der Waals surface area contributed by atoms with Crippen molar-refractivity contribution in [3.8, 4) is 0 Å². The second kappa shape index (κ2) is 8.07. The molecule has 2 heterocycles. The number of carbonyl (C=O) groups excluding carboxylic acids is 1. The number of amides is 1. The number of benzene rings is 2. The highest BCUT2D eigenvalue weighted by molar-refractivity contribution is 7.90. The molecule has 2 atom stereocenters. The summed E-state index contributed by atoms with van der Waals surface area (Å²) in [6.07, 6.45) is 0.602. The van der Waals surface area contributed by atoms with Gasteiger partial charge in [-0.05, 0) is 35.7 Å². The van der Waals surface area contributed by atoms with E-state index in [-0.39, 0.29) is 5.92 Å². The summed E-state index contributed by atoms with van der Waals surface area (Å²) in [6, 6.07) is 14.3. The summed E-state index contributed by atoms with van der Waals surface area (Å²) in [5.41, 5.74) is 1.88. The van der Waals surface area contributed by atoms with Crippen LogP contribution in [0.15, 0.2) is 48.5 Å². The monoisotopic (exact) mass is 434 g/mol. The molecule has 6 nitrogen and oxygen atoms in total.